The van der Waals surface area contributed by atoms with E-state index in [0.29, 0.717) is 11.5 Å². The molecule has 0 amide bonds. The molecule has 0 radical (unpaired) electrons. The number of carbonyl (C=O) groups excluding carboxylic acids is 1. The highest BCUT2D eigenvalue weighted by Gasteiger charge is 2.04. The first-order valence-electron chi connectivity index (χ1n) is 3.79. The van der Waals surface area contributed by atoms with Crippen molar-refractivity contribution in [3.8, 4) is 5.75 Å². The number of hydrogen-bond acceptors (Lipinski definition) is 4. The van der Waals surface area contributed by atoms with E-state index < -0.39 is 5.63 Å². The molecule has 0 aliphatic heterocycles. The van der Waals surface area contributed by atoms with Gasteiger partial charge in [-0.1, -0.05) is 0 Å². The van der Waals surface area contributed by atoms with E-state index in [0.717, 1.165) is 0 Å². The average molecular weight is 182 g/mol. The largest absolute Gasteiger partial charge is 0.496 e. The molecule has 70 valence electrons. The highest BCUT2D eigenvalue weighted by atomic mass is 16.5. The van der Waals surface area contributed by atoms with E-state index in [4.69, 9.17) is 9.15 Å². The van der Waals surface area contributed by atoms with Gasteiger partial charge >= 0.3 is 5.63 Å². The van der Waals surface area contributed by atoms with Gasteiger partial charge in [0.05, 0.1) is 19.6 Å². The number of hydrogen-bond donors (Lipinski definition) is 0. The van der Waals surface area contributed by atoms with E-state index in [-0.39, 0.29) is 12.2 Å². The molecule has 1 aromatic rings. The van der Waals surface area contributed by atoms with Crippen molar-refractivity contribution in [3.05, 3.63) is 28.3 Å². The quantitative estimate of drug-likeness (QED) is 0.693. The van der Waals surface area contributed by atoms with Crippen LogP contribution in [0.5, 0.6) is 5.75 Å². The second-order valence-corrected chi connectivity index (χ2v) is 2.66. The summed E-state index contributed by atoms with van der Waals surface area (Å²) in [6.45, 7) is 1.43. The van der Waals surface area contributed by atoms with Crippen molar-refractivity contribution in [1.82, 2.24) is 0 Å². The SMILES string of the molecule is COc1cc(CC(C)=O)oc(=O)c1. The Labute approximate surface area is 75.1 Å². The standard InChI is InChI=1S/C9H10O4/c1-6(10)3-8-4-7(12-2)5-9(11)13-8/h4-5H,3H2,1-2H3. The third-order valence-corrected chi connectivity index (χ3v) is 1.45. The molecular formula is C9H10O4. The first-order chi connectivity index (χ1) is 6.11. The van der Waals surface area contributed by atoms with Gasteiger partial charge in [0, 0.05) is 6.07 Å². The lowest BCUT2D eigenvalue weighted by Gasteiger charge is -2.00. The van der Waals surface area contributed by atoms with Crippen molar-refractivity contribution in [2.45, 2.75) is 13.3 Å². The van der Waals surface area contributed by atoms with E-state index >= 15 is 0 Å². The van der Waals surface area contributed by atoms with Crippen LogP contribution in [0.3, 0.4) is 0 Å². The zero-order valence-corrected chi connectivity index (χ0v) is 7.49. The highest BCUT2D eigenvalue weighted by Crippen LogP contribution is 2.09. The topological polar surface area (TPSA) is 56.5 Å². The Morgan fingerprint density at radius 2 is 2.23 bits per heavy atom. The van der Waals surface area contributed by atoms with Crippen LogP contribution >= 0.6 is 0 Å². The molecular weight excluding hydrogens is 172 g/mol. The first kappa shape index (κ1) is 9.51. The lowest BCUT2D eigenvalue weighted by Crippen LogP contribution is -2.04. The molecule has 0 spiro atoms. The number of ether oxygens (including phenoxy) is 1. The average Bonchev–Trinajstić information content (AvgIpc) is 2.01. The van der Waals surface area contributed by atoms with E-state index in [2.05, 4.69) is 0 Å². The summed E-state index contributed by atoms with van der Waals surface area (Å²) in [5.41, 5.74) is -0.504. The predicted molar refractivity (Wildman–Crippen MR) is 45.9 cm³/mol. The minimum Gasteiger partial charge on any atom is -0.496 e. The van der Waals surface area contributed by atoms with Crippen molar-refractivity contribution in [3.63, 3.8) is 0 Å². The summed E-state index contributed by atoms with van der Waals surface area (Å²) in [6, 6.07) is 2.76. The number of methoxy groups -OCH3 is 1. The Morgan fingerprint density at radius 1 is 1.54 bits per heavy atom. The van der Waals surface area contributed by atoms with Gasteiger partial charge in [-0.2, -0.15) is 0 Å². The van der Waals surface area contributed by atoms with Gasteiger partial charge in [0.2, 0.25) is 0 Å². The maximum absolute atomic E-state index is 10.9. The minimum atomic E-state index is -0.504. The van der Waals surface area contributed by atoms with Gasteiger partial charge in [-0.05, 0) is 6.92 Å². The Balaban J connectivity index is 3.01. The van der Waals surface area contributed by atoms with Crippen molar-refractivity contribution in [2.75, 3.05) is 7.11 Å². The van der Waals surface area contributed by atoms with E-state index in [1.54, 1.807) is 0 Å². The molecule has 0 aromatic carbocycles. The van der Waals surface area contributed by atoms with Crippen LogP contribution in [-0.4, -0.2) is 12.9 Å². The van der Waals surface area contributed by atoms with Crippen LogP contribution in [0.4, 0.5) is 0 Å². The van der Waals surface area contributed by atoms with E-state index in [1.165, 1.54) is 26.2 Å². The molecule has 1 aromatic heterocycles. The molecule has 4 heteroatoms. The third-order valence-electron chi connectivity index (χ3n) is 1.45. The van der Waals surface area contributed by atoms with E-state index in [9.17, 15) is 9.59 Å². The Bertz CT molecular complexity index is 364. The fourth-order valence-electron chi connectivity index (χ4n) is 0.955. The number of carbonyl (C=O) groups is 1. The highest BCUT2D eigenvalue weighted by molar-refractivity contribution is 5.77. The van der Waals surface area contributed by atoms with Crippen molar-refractivity contribution < 1.29 is 13.9 Å². The summed E-state index contributed by atoms with van der Waals surface area (Å²) in [5, 5.41) is 0. The van der Waals surface area contributed by atoms with Gasteiger partial charge in [0.25, 0.3) is 0 Å². The summed E-state index contributed by atoms with van der Waals surface area (Å²) in [4.78, 5) is 21.6. The van der Waals surface area contributed by atoms with Crippen LogP contribution in [-0.2, 0) is 11.2 Å². The molecule has 0 aliphatic rings. The molecule has 0 saturated heterocycles. The Hall–Kier alpha value is -1.58. The zero-order chi connectivity index (χ0) is 9.84. The first-order valence-corrected chi connectivity index (χ1v) is 3.79. The normalized spacial score (nSPS) is 9.69. The summed E-state index contributed by atoms with van der Waals surface area (Å²) >= 11 is 0. The summed E-state index contributed by atoms with van der Waals surface area (Å²) in [5.74, 6) is 0.681. The van der Waals surface area contributed by atoms with Gasteiger partial charge in [-0.15, -0.1) is 0 Å². The van der Waals surface area contributed by atoms with Crippen LogP contribution in [0.15, 0.2) is 21.3 Å². The fourth-order valence-corrected chi connectivity index (χ4v) is 0.955. The van der Waals surface area contributed by atoms with Crippen LogP contribution in [0.1, 0.15) is 12.7 Å². The number of rotatable bonds is 3. The van der Waals surface area contributed by atoms with Gasteiger partial charge in [0.15, 0.2) is 0 Å². The lowest BCUT2D eigenvalue weighted by atomic mass is 10.2. The van der Waals surface area contributed by atoms with Crippen LogP contribution in [0.25, 0.3) is 0 Å². The molecule has 1 rings (SSSR count). The summed E-state index contributed by atoms with van der Waals surface area (Å²) in [7, 11) is 1.45. The van der Waals surface area contributed by atoms with Crippen molar-refractivity contribution >= 4 is 5.78 Å². The second-order valence-electron chi connectivity index (χ2n) is 2.66. The van der Waals surface area contributed by atoms with Gasteiger partial charge in [-0.3, -0.25) is 4.79 Å². The molecule has 0 aliphatic carbocycles. The van der Waals surface area contributed by atoms with Crippen LogP contribution < -0.4 is 10.4 Å². The van der Waals surface area contributed by atoms with Gasteiger partial charge in [-0.25, -0.2) is 4.79 Å². The molecule has 0 N–H and O–H groups in total. The molecule has 4 nitrogen and oxygen atoms in total. The molecule has 0 saturated carbocycles. The summed E-state index contributed by atoms with van der Waals surface area (Å²) < 4.78 is 9.62. The zero-order valence-electron chi connectivity index (χ0n) is 7.49. The molecule has 0 bridgehead atoms. The second kappa shape index (κ2) is 3.89. The van der Waals surface area contributed by atoms with Gasteiger partial charge in [0.1, 0.15) is 17.3 Å². The fraction of sp³-hybridized carbons (Fsp3) is 0.333. The summed E-state index contributed by atoms with van der Waals surface area (Å²) in [6.07, 6.45) is 0.117. The third kappa shape index (κ3) is 2.74. The lowest BCUT2D eigenvalue weighted by molar-refractivity contribution is -0.116. The van der Waals surface area contributed by atoms with E-state index in [1.807, 2.05) is 0 Å². The molecule has 0 unspecified atom stereocenters. The Morgan fingerprint density at radius 3 is 2.77 bits per heavy atom. The van der Waals surface area contributed by atoms with Gasteiger partial charge < -0.3 is 9.15 Å². The van der Waals surface area contributed by atoms with Crippen molar-refractivity contribution in [1.29, 1.82) is 0 Å². The molecule has 0 fully saturated rings. The smallest absolute Gasteiger partial charge is 0.339 e. The number of ketones is 1. The minimum absolute atomic E-state index is 0.0589. The molecule has 0 atom stereocenters. The monoisotopic (exact) mass is 182 g/mol. The van der Waals surface area contributed by atoms with Crippen LogP contribution in [0, 0.1) is 0 Å². The van der Waals surface area contributed by atoms with Crippen LogP contribution in [0.2, 0.25) is 0 Å². The van der Waals surface area contributed by atoms with Crippen molar-refractivity contribution in [2.24, 2.45) is 0 Å². The Kier molecular flexibility index (Phi) is 2.84. The predicted octanol–water partition coefficient (Wildman–Crippen LogP) is 0.780. The maximum atomic E-state index is 10.9. The maximum Gasteiger partial charge on any atom is 0.339 e. The molecule has 1 heterocycles. The molecule has 13 heavy (non-hydrogen) atoms. The number of Topliss-reactive ketones (excluding diaryl/α,β-unsaturated/α-hetero) is 1.